The Morgan fingerprint density at radius 3 is 2.89 bits per heavy atom. The van der Waals surface area contributed by atoms with Gasteiger partial charge in [0.1, 0.15) is 5.82 Å². The van der Waals surface area contributed by atoms with E-state index in [9.17, 15) is 4.39 Å². The van der Waals surface area contributed by atoms with Gasteiger partial charge in [0.2, 0.25) is 0 Å². The second-order valence-electron chi connectivity index (χ2n) is 4.17. The zero-order valence-corrected chi connectivity index (χ0v) is 10.6. The maximum atomic E-state index is 13.1. The van der Waals surface area contributed by atoms with E-state index in [0.717, 1.165) is 12.0 Å². The van der Waals surface area contributed by atoms with E-state index in [1.807, 2.05) is 12.1 Å². The van der Waals surface area contributed by atoms with Crippen molar-refractivity contribution in [1.29, 1.82) is 0 Å². The summed E-state index contributed by atoms with van der Waals surface area (Å²) in [6.45, 7) is 0. The molecule has 2 aromatic rings. The topological polar surface area (TPSA) is 38.9 Å². The number of hydrogen-bond donors (Lipinski definition) is 1. The summed E-state index contributed by atoms with van der Waals surface area (Å²) in [6.07, 6.45) is 5.03. The molecule has 1 aromatic carbocycles. The molecule has 1 unspecified atom stereocenters. The van der Waals surface area contributed by atoms with Crippen LogP contribution in [0.15, 0.2) is 42.7 Å². The van der Waals surface area contributed by atoms with Crippen LogP contribution in [0.5, 0.6) is 0 Å². The Hall–Kier alpha value is -1.45. The number of nitrogens with two attached hydrogens (primary N) is 1. The van der Waals surface area contributed by atoms with Crippen LogP contribution in [0.25, 0.3) is 0 Å². The molecule has 0 radical (unpaired) electrons. The lowest BCUT2D eigenvalue weighted by Crippen LogP contribution is -2.12. The van der Waals surface area contributed by atoms with E-state index in [4.69, 9.17) is 17.3 Å². The zero-order chi connectivity index (χ0) is 13.0. The molecule has 1 atom stereocenters. The molecule has 0 fully saturated rings. The quantitative estimate of drug-likeness (QED) is 0.918. The minimum atomic E-state index is -0.314. The molecule has 0 amide bonds. The fraction of sp³-hybridized carbons (Fsp3) is 0.214. The molecule has 0 saturated heterocycles. The van der Waals surface area contributed by atoms with Crippen molar-refractivity contribution < 1.29 is 4.39 Å². The van der Waals surface area contributed by atoms with Gasteiger partial charge in [-0.1, -0.05) is 17.7 Å². The lowest BCUT2D eigenvalue weighted by atomic mass is 10.0. The van der Waals surface area contributed by atoms with Gasteiger partial charge in [-0.2, -0.15) is 0 Å². The summed E-state index contributed by atoms with van der Waals surface area (Å²) in [5.74, 6) is -0.314. The standard InChI is InChI=1S/C14H14ClFN2/c15-13-5-4-11(16)8-12(13)14(17)6-3-10-2-1-7-18-9-10/h1-2,4-5,7-9,14H,3,6,17H2. The van der Waals surface area contributed by atoms with Crippen molar-refractivity contribution in [3.05, 3.63) is 64.7 Å². The lowest BCUT2D eigenvalue weighted by molar-refractivity contribution is 0.609. The number of aromatic nitrogens is 1. The van der Waals surface area contributed by atoms with Gasteiger partial charge in [0, 0.05) is 23.5 Å². The average Bonchev–Trinajstić information content (AvgIpc) is 2.40. The lowest BCUT2D eigenvalue weighted by Gasteiger charge is -2.13. The van der Waals surface area contributed by atoms with Crippen LogP contribution < -0.4 is 5.73 Å². The molecule has 2 nitrogen and oxygen atoms in total. The third kappa shape index (κ3) is 3.28. The van der Waals surface area contributed by atoms with Crippen LogP contribution in [0.2, 0.25) is 5.02 Å². The molecule has 2 N–H and O–H groups in total. The Morgan fingerprint density at radius 2 is 2.17 bits per heavy atom. The van der Waals surface area contributed by atoms with E-state index in [0.29, 0.717) is 17.0 Å². The summed E-state index contributed by atoms with van der Waals surface area (Å²) in [4.78, 5) is 4.04. The van der Waals surface area contributed by atoms with Gasteiger partial charge in [-0.25, -0.2) is 4.39 Å². The van der Waals surface area contributed by atoms with Crippen LogP contribution in [-0.2, 0) is 6.42 Å². The van der Waals surface area contributed by atoms with Crippen LogP contribution >= 0.6 is 11.6 Å². The van der Waals surface area contributed by atoms with Crippen molar-refractivity contribution in [1.82, 2.24) is 4.98 Å². The van der Waals surface area contributed by atoms with Gasteiger partial charge in [0.25, 0.3) is 0 Å². The van der Waals surface area contributed by atoms with Crippen molar-refractivity contribution >= 4 is 11.6 Å². The van der Waals surface area contributed by atoms with E-state index in [-0.39, 0.29) is 11.9 Å². The first kappa shape index (κ1) is 13.0. The predicted molar refractivity (Wildman–Crippen MR) is 70.9 cm³/mol. The SMILES string of the molecule is NC(CCc1cccnc1)c1cc(F)ccc1Cl. The monoisotopic (exact) mass is 264 g/mol. The van der Waals surface area contributed by atoms with Gasteiger partial charge in [-0.3, -0.25) is 4.98 Å². The summed E-state index contributed by atoms with van der Waals surface area (Å²) in [6, 6.07) is 7.88. The van der Waals surface area contributed by atoms with Crippen molar-refractivity contribution in [2.75, 3.05) is 0 Å². The van der Waals surface area contributed by atoms with E-state index < -0.39 is 0 Å². The van der Waals surface area contributed by atoms with Crippen LogP contribution in [0.1, 0.15) is 23.6 Å². The Bertz CT molecular complexity index is 516. The van der Waals surface area contributed by atoms with Crippen molar-refractivity contribution in [2.24, 2.45) is 5.73 Å². The average molecular weight is 265 g/mol. The second kappa shape index (κ2) is 5.94. The van der Waals surface area contributed by atoms with Gasteiger partial charge >= 0.3 is 0 Å². The fourth-order valence-electron chi connectivity index (χ4n) is 1.82. The minimum Gasteiger partial charge on any atom is -0.324 e. The molecule has 0 bridgehead atoms. The third-order valence-electron chi connectivity index (χ3n) is 2.82. The molecule has 2 rings (SSSR count). The molecule has 0 aliphatic rings. The summed E-state index contributed by atoms with van der Waals surface area (Å²) in [7, 11) is 0. The van der Waals surface area contributed by atoms with Crippen molar-refractivity contribution in [2.45, 2.75) is 18.9 Å². The Kier molecular flexibility index (Phi) is 4.28. The van der Waals surface area contributed by atoms with Crippen LogP contribution in [-0.4, -0.2) is 4.98 Å². The highest BCUT2D eigenvalue weighted by atomic mass is 35.5. The first-order chi connectivity index (χ1) is 8.66. The number of nitrogens with zero attached hydrogens (tertiary/aromatic N) is 1. The Labute approximate surface area is 111 Å². The normalized spacial score (nSPS) is 12.4. The molecular formula is C14H14ClFN2. The van der Waals surface area contributed by atoms with Gasteiger partial charge in [0.05, 0.1) is 0 Å². The Balaban J connectivity index is 2.03. The van der Waals surface area contributed by atoms with Gasteiger partial charge < -0.3 is 5.73 Å². The molecular weight excluding hydrogens is 251 g/mol. The summed E-state index contributed by atoms with van der Waals surface area (Å²) in [5, 5.41) is 0.509. The highest BCUT2D eigenvalue weighted by Gasteiger charge is 2.11. The molecule has 0 saturated carbocycles. The number of hydrogen-bond acceptors (Lipinski definition) is 2. The van der Waals surface area contributed by atoms with Gasteiger partial charge in [-0.05, 0) is 48.2 Å². The maximum Gasteiger partial charge on any atom is 0.123 e. The summed E-state index contributed by atoms with van der Waals surface area (Å²) < 4.78 is 13.1. The molecule has 0 aliphatic heterocycles. The third-order valence-corrected chi connectivity index (χ3v) is 3.17. The summed E-state index contributed by atoms with van der Waals surface area (Å²) >= 11 is 6.01. The summed E-state index contributed by atoms with van der Waals surface area (Å²) in [5.41, 5.74) is 7.81. The molecule has 4 heteroatoms. The zero-order valence-electron chi connectivity index (χ0n) is 9.81. The Morgan fingerprint density at radius 1 is 1.33 bits per heavy atom. The number of rotatable bonds is 4. The maximum absolute atomic E-state index is 13.1. The van der Waals surface area contributed by atoms with Gasteiger partial charge in [-0.15, -0.1) is 0 Å². The smallest absolute Gasteiger partial charge is 0.123 e. The molecule has 1 heterocycles. The van der Waals surface area contributed by atoms with Crippen LogP contribution in [0, 0.1) is 5.82 Å². The largest absolute Gasteiger partial charge is 0.324 e. The number of halogens is 2. The highest BCUT2D eigenvalue weighted by molar-refractivity contribution is 6.31. The first-order valence-electron chi connectivity index (χ1n) is 5.76. The number of aryl methyl sites for hydroxylation is 1. The predicted octanol–water partition coefficient (Wildman–Crippen LogP) is 3.51. The number of pyridine rings is 1. The molecule has 94 valence electrons. The van der Waals surface area contributed by atoms with Crippen LogP contribution in [0.4, 0.5) is 4.39 Å². The fourth-order valence-corrected chi connectivity index (χ4v) is 2.08. The van der Waals surface area contributed by atoms with Crippen molar-refractivity contribution in [3.63, 3.8) is 0 Å². The molecule has 0 spiro atoms. The second-order valence-corrected chi connectivity index (χ2v) is 4.58. The highest BCUT2D eigenvalue weighted by Crippen LogP contribution is 2.25. The minimum absolute atomic E-state index is 0.270. The number of benzene rings is 1. The van der Waals surface area contributed by atoms with E-state index in [1.54, 1.807) is 12.4 Å². The first-order valence-corrected chi connectivity index (χ1v) is 6.14. The molecule has 1 aromatic heterocycles. The van der Waals surface area contributed by atoms with Gasteiger partial charge in [0.15, 0.2) is 0 Å². The van der Waals surface area contributed by atoms with E-state index in [2.05, 4.69) is 4.98 Å². The van der Waals surface area contributed by atoms with E-state index >= 15 is 0 Å². The molecule has 18 heavy (non-hydrogen) atoms. The van der Waals surface area contributed by atoms with Crippen molar-refractivity contribution in [3.8, 4) is 0 Å². The van der Waals surface area contributed by atoms with E-state index in [1.165, 1.54) is 18.2 Å². The molecule has 0 aliphatic carbocycles. The van der Waals surface area contributed by atoms with Crippen LogP contribution in [0.3, 0.4) is 0 Å².